The molecule has 0 atom stereocenters. The Morgan fingerprint density at radius 2 is 1.45 bits per heavy atom. The molecular weight excluding hydrogens is 260 g/mol. The molecule has 0 fully saturated rings. The molecule has 120 valence electrons. The number of carbonyl (C=O) groups excluding carboxylic acids is 1. The Hall–Kier alpha value is -0.850. The smallest absolute Gasteiger partial charge is 0.410 e. The first-order valence-corrected chi connectivity index (χ1v) is 6.94. The van der Waals surface area contributed by atoms with Crippen LogP contribution in [0.1, 0.15) is 20.8 Å². The Morgan fingerprint density at radius 1 is 0.950 bits per heavy atom. The van der Waals surface area contributed by atoms with Crippen molar-refractivity contribution in [1.82, 2.24) is 9.80 Å². The van der Waals surface area contributed by atoms with E-state index in [1.807, 2.05) is 20.8 Å². The number of rotatable bonds is 9. The number of nitrogens with zero attached hydrogens (tertiary/aromatic N) is 2. The Morgan fingerprint density at radius 3 is 1.85 bits per heavy atom. The molecule has 1 amide bonds. The topological polar surface area (TPSA) is 51.2 Å². The number of hydrogen-bond donors (Lipinski definition) is 0. The second kappa shape index (κ2) is 9.96. The second-order valence-electron chi connectivity index (χ2n) is 5.73. The monoisotopic (exact) mass is 290 g/mol. The summed E-state index contributed by atoms with van der Waals surface area (Å²) in [5, 5.41) is 0. The fourth-order valence-corrected chi connectivity index (χ4v) is 1.50. The van der Waals surface area contributed by atoms with Crippen molar-refractivity contribution < 1.29 is 19.0 Å². The van der Waals surface area contributed by atoms with Gasteiger partial charge in [0.05, 0.1) is 13.2 Å². The predicted octanol–water partition coefficient (Wildman–Crippen LogP) is 1.45. The molecule has 0 aliphatic carbocycles. The molecule has 6 nitrogen and oxygen atoms in total. The molecule has 0 N–H and O–H groups in total. The first kappa shape index (κ1) is 19.1. The lowest BCUT2D eigenvalue weighted by Crippen LogP contribution is -2.41. The lowest BCUT2D eigenvalue weighted by atomic mass is 10.2. The quantitative estimate of drug-likeness (QED) is 0.643. The number of ether oxygens (including phenoxy) is 3. The number of methoxy groups -OCH3 is 2. The SMILES string of the molecule is COCCN(CCOC)CCN(C)C(=O)OC(C)(C)C. The van der Waals surface area contributed by atoms with Gasteiger partial charge in [-0.2, -0.15) is 0 Å². The first-order valence-electron chi connectivity index (χ1n) is 6.94. The number of likely N-dealkylation sites (N-methyl/N-ethyl adjacent to an activating group) is 1. The Balaban J connectivity index is 4.13. The average Bonchev–Trinajstić information content (AvgIpc) is 2.35. The standard InChI is InChI=1S/C14H30N2O4/c1-14(2,3)20-13(17)15(4)7-8-16(9-11-18-5)10-12-19-6/h7-12H2,1-6H3. The van der Waals surface area contributed by atoms with E-state index in [1.165, 1.54) is 0 Å². The third-order valence-corrected chi connectivity index (χ3v) is 2.68. The van der Waals surface area contributed by atoms with Gasteiger partial charge in [0.1, 0.15) is 5.60 Å². The minimum absolute atomic E-state index is 0.295. The highest BCUT2D eigenvalue weighted by Crippen LogP contribution is 2.08. The van der Waals surface area contributed by atoms with Crippen molar-refractivity contribution in [1.29, 1.82) is 0 Å². The van der Waals surface area contributed by atoms with E-state index >= 15 is 0 Å². The minimum Gasteiger partial charge on any atom is -0.444 e. The Bertz CT molecular complexity index is 258. The Labute approximate surface area is 123 Å². The van der Waals surface area contributed by atoms with E-state index in [4.69, 9.17) is 14.2 Å². The van der Waals surface area contributed by atoms with Crippen LogP contribution < -0.4 is 0 Å². The van der Waals surface area contributed by atoms with E-state index in [-0.39, 0.29) is 6.09 Å². The van der Waals surface area contributed by atoms with E-state index < -0.39 is 5.60 Å². The lowest BCUT2D eigenvalue weighted by Gasteiger charge is -2.27. The molecule has 0 unspecified atom stereocenters. The molecule has 0 aromatic heterocycles. The van der Waals surface area contributed by atoms with Gasteiger partial charge in [-0.05, 0) is 20.8 Å². The zero-order chi connectivity index (χ0) is 15.6. The van der Waals surface area contributed by atoms with Crippen molar-refractivity contribution in [2.24, 2.45) is 0 Å². The summed E-state index contributed by atoms with van der Waals surface area (Å²) in [7, 11) is 5.11. The summed E-state index contributed by atoms with van der Waals surface area (Å²) in [5.41, 5.74) is -0.461. The molecule has 20 heavy (non-hydrogen) atoms. The Kier molecular flexibility index (Phi) is 9.54. The molecule has 0 aromatic rings. The highest BCUT2D eigenvalue weighted by molar-refractivity contribution is 5.67. The zero-order valence-electron chi connectivity index (χ0n) is 13.8. The highest BCUT2D eigenvalue weighted by Gasteiger charge is 2.19. The predicted molar refractivity (Wildman–Crippen MR) is 79.1 cm³/mol. The van der Waals surface area contributed by atoms with Crippen LogP contribution >= 0.6 is 0 Å². The van der Waals surface area contributed by atoms with E-state index in [9.17, 15) is 4.79 Å². The third kappa shape index (κ3) is 10.00. The van der Waals surface area contributed by atoms with Gasteiger partial charge in [-0.25, -0.2) is 4.79 Å². The van der Waals surface area contributed by atoms with Crippen molar-refractivity contribution in [3.63, 3.8) is 0 Å². The summed E-state index contributed by atoms with van der Waals surface area (Å²) in [5.74, 6) is 0. The molecule has 0 aromatic carbocycles. The number of hydrogen-bond acceptors (Lipinski definition) is 5. The average molecular weight is 290 g/mol. The summed E-state index contributed by atoms with van der Waals surface area (Å²) in [6.07, 6.45) is -0.295. The molecule has 6 heteroatoms. The van der Waals surface area contributed by atoms with Gasteiger partial charge in [0, 0.05) is 47.4 Å². The maximum absolute atomic E-state index is 11.8. The van der Waals surface area contributed by atoms with Crippen molar-refractivity contribution in [3.8, 4) is 0 Å². The first-order chi connectivity index (χ1) is 9.30. The van der Waals surface area contributed by atoms with Crippen LogP contribution in [-0.4, -0.2) is 82.2 Å². The van der Waals surface area contributed by atoms with Gasteiger partial charge in [0.15, 0.2) is 0 Å². The second-order valence-corrected chi connectivity index (χ2v) is 5.73. The van der Waals surface area contributed by atoms with Crippen molar-refractivity contribution in [2.75, 3.05) is 60.7 Å². The van der Waals surface area contributed by atoms with Gasteiger partial charge in [-0.3, -0.25) is 4.90 Å². The summed E-state index contributed by atoms with van der Waals surface area (Å²) in [6.45, 7) is 9.95. The van der Waals surface area contributed by atoms with E-state index in [0.29, 0.717) is 19.8 Å². The van der Waals surface area contributed by atoms with Gasteiger partial charge in [0.2, 0.25) is 0 Å². The van der Waals surface area contributed by atoms with Crippen LogP contribution in [0, 0.1) is 0 Å². The normalized spacial score (nSPS) is 11.8. The minimum atomic E-state index is -0.461. The maximum Gasteiger partial charge on any atom is 0.410 e. The van der Waals surface area contributed by atoms with Gasteiger partial charge in [0.25, 0.3) is 0 Å². The zero-order valence-corrected chi connectivity index (χ0v) is 13.8. The van der Waals surface area contributed by atoms with Crippen molar-refractivity contribution in [2.45, 2.75) is 26.4 Å². The van der Waals surface area contributed by atoms with Gasteiger partial charge in [-0.1, -0.05) is 0 Å². The van der Waals surface area contributed by atoms with Crippen LogP contribution in [0.15, 0.2) is 0 Å². The van der Waals surface area contributed by atoms with E-state index in [1.54, 1.807) is 26.2 Å². The summed E-state index contributed by atoms with van der Waals surface area (Å²) >= 11 is 0. The molecule has 0 radical (unpaired) electrons. The molecule has 0 saturated heterocycles. The molecule has 0 spiro atoms. The van der Waals surface area contributed by atoms with Crippen LogP contribution in [0.4, 0.5) is 4.79 Å². The van der Waals surface area contributed by atoms with Gasteiger partial charge in [-0.15, -0.1) is 0 Å². The van der Waals surface area contributed by atoms with Crippen LogP contribution in [-0.2, 0) is 14.2 Å². The number of carbonyl (C=O) groups is 1. The maximum atomic E-state index is 11.8. The molecule has 0 aliphatic heterocycles. The third-order valence-electron chi connectivity index (χ3n) is 2.68. The van der Waals surface area contributed by atoms with E-state index in [2.05, 4.69) is 4.90 Å². The summed E-state index contributed by atoms with van der Waals surface area (Å²) < 4.78 is 15.5. The van der Waals surface area contributed by atoms with Gasteiger partial charge < -0.3 is 19.1 Å². The van der Waals surface area contributed by atoms with Gasteiger partial charge >= 0.3 is 6.09 Å². The molecule has 0 saturated carbocycles. The van der Waals surface area contributed by atoms with E-state index in [0.717, 1.165) is 19.6 Å². The molecular formula is C14H30N2O4. The fourth-order valence-electron chi connectivity index (χ4n) is 1.50. The molecule has 0 heterocycles. The summed E-state index contributed by atoms with van der Waals surface area (Å²) in [4.78, 5) is 15.6. The lowest BCUT2D eigenvalue weighted by molar-refractivity contribution is 0.0272. The van der Waals surface area contributed by atoms with Crippen molar-refractivity contribution >= 4 is 6.09 Å². The molecule has 0 bridgehead atoms. The van der Waals surface area contributed by atoms with Crippen LogP contribution in [0.5, 0.6) is 0 Å². The van der Waals surface area contributed by atoms with Crippen LogP contribution in [0.2, 0.25) is 0 Å². The van der Waals surface area contributed by atoms with Crippen LogP contribution in [0.3, 0.4) is 0 Å². The molecule has 0 aliphatic rings. The number of amides is 1. The highest BCUT2D eigenvalue weighted by atomic mass is 16.6. The van der Waals surface area contributed by atoms with Crippen molar-refractivity contribution in [3.05, 3.63) is 0 Å². The molecule has 0 rings (SSSR count). The van der Waals surface area contributed by atoms with Crippen LogP contribution in [0.25, 0.3) is 0 Å². The summed E-state index contributed by atoms with van der Waals surface area (Å²) in [6, 6.07) is 0. The largest absolute Gasteiger partial charge is 0.444 e. The fraction of sp³-hybridized carbons (Fsp3) is 0.929.